The van der Waals surface area contributed by atoms with Crippen molar-refractivity contribution < 1.29 is 15.0 Å². The van der Waals surface area contributed by atoms with E-state index < -0.39 is 5.97 Å². The largest absolute Gasteiger partial charge is 0.508 e. The Kier molecular flexibility index (Phi) is 2.87. The van der Waals surface area contributed by atoms with Gasteiger partial charge in [0.15, 0.2) is 0 Å². The Hall–Kier alpha value is -2.23. The molecule has 0 aliphatic heterocycles. The molecule has 88 valence electrons. The lowest BCUT2D eigenvalue weighted by Crippen LogP contribution is -1.99. The second kappa shape index (κ2) is 4.33. The van der Waals surface area contributed by atoms with Crippen LogP contribution in [-0.2, 0) is 6.42 Å². The minimum atomic E-state index is -0.979. The molecular formula is C13H13NO3. The lowest BCUT2D eigenvalue weighted by atomic mass is 10.1. The first-order valence-electron chi connectivity index (χ1n) is 5.36. The molecule has 1 heterocycles. The first-order valence-corrected chi connectivity index (χ1v) is 5.36. The van der Waals surface area contributed by atoms with E-state index in [2.05, 4.69) is 4.98 Å². The molecule has 0 bridgehead atoms. The highest BCUT2D eigenvalue weighted by Gasteiger charge is 2.15. The van der Waals surface area contributed by atoms with E-state index in [0.29, 0.717) is 5.56 Å². The number of carbonyl (C=O) groups is 1. The van der Waals surface area contributed by atoms with Gasteiger partial charge in [-0.25, -0.2) is 4.79 Å². The summed E-state index contributed by atoms with van der Waals surface area (Å²) in [6.07, 6.45) is 0.748. The van der Waals surface area contributed by atoms with Crippen LogP contribution in [0.2, 0.25) is 0 Å². The molecule has 4 nitrogen and oxygen atoms in total. The van der Waals surface area contributed by atoms with Crippen LogP contribution in [0.25, 0.3) is 11.1 Å². The summed E-state index contributed by atoms with van der Waals surface area (Å²) in [7, 11) is 0. The van der Waals surface area contributed by atoms with Gasteiger partial charge in [-0.2, -0.15) is 0 Å². The van der Waals surface area contributed by atoms with E-state index in [1.54, 1.807) is 24.3 Å². The summed E-state index contributed by atoms with van der Waals surface area (Å²) in [6, 6.07) is 8.31. The van der Waals surface area contributed by atoms with Crippen LogP contribution < -0.4 is 0 Å². The number of hydrogen-bond acceptors (Lipinski definition) is 2. The number of carboxylic acids is 1. The van der Waals surface area contributed by atoms with Crippen molar-refractivity contribution in [2.75, 3.05) is 0 Å². The second-order valence-corrected chi connectivity index (χ2v) is 3.79. The fourth-order valence-electron chi connectivity index (χ4n) is 1.74. The lowest BCUT2D eigenvalue weighted by molar-refractivity contribution is 0.0692. The highest BCUT2D eigenvalue weighted by Crippen LogP contribution is 2.26. The quantitative estimate of drug-likeness (QED) is 0.760. The number of aromatic hydroxyl groups is 1. The number of phenols is 1. The molecular weight excluding hydrogens is 218 g/mol. The predicted molar refractivity (Wildman–Crippen MR) is 64.2 cm³/mol. The van der Waals surface area contributed by atoms with Gasteiger partial charge in [-0.15, -0.1) is 0 Å². The molecule has 2 rings (SSSR count). The van der Waals surface area contributed by atoms with Crippen LogP contribution in [0.1, 0.15) is 23.1 Å². The first kappa shape index (κ1) is 11.3. The summed E-state index contributed by atoms with van der Waals surface area (Å²) in [5.41, 5.74) is 2.49. The zero-order chi connectivity index (χ0) is 12.4. The third-order valence-electron chi connectivity index (χ3n) is 2.65. The maximum absolute atomic E-state index is 11.1. The van der Waals surface area contributed by atoms with E-state index >= 15 is 0 Å². The van der Waals surface area contributed by atoms with E-state index in [9.17, 15) is 9.90 Å². The number of aryl methyl sites for hydroxylation is 1. The summed E-state index contributed by atoms with van der Waals surface area (Å²) in [6.45, 7) is 1.96. The SMILES string of the molecule is CCc1cc(-c2ccc(O)cc2)c(C(=O)O)[nH]1. The van der Waals surface area contributed by atoms with Crippen LogP contribution in [0.4, 0.5) is 0 Å². The number of carboxylic acid groups (broad SMARTS) is 1. The van der Waals surface area contributed by atoms with Gasteiger partial charge in [0, 0.05) is 11.3 Å². The molecule has 17 heavy (non-hydrogen) atoms. The van der Waals surface area contributed by atoms with Crippen molar-refractivity contribution in [1.82, 2.24) is 4.98 Å². The number of aromatic nitrogens is 1. The van der Waals surface area contributed by atoms with Gasteiger partial charge >= 0.3 is 5.97 Å². The van der Waals surface area contributed by atoms with Crippen LogP contribution in [0.3, 0.4) is 0 Å². The Morgan fingerprint density at radius 2 is 1.94 bits per heavy atom. The Bertz CT molecular complexity index is 540. The van der Waals surface area contributed by atoms with Gasteiger partial charge in [-0.3, -0.25) is 0 Å². The van der Waals surface area contributed by atoms with Crippen molar-refractivity contribution in [3.8, 4) is 16.9 Å². The summed E-state index contributed by atoms with van der Waals surface area (Å²) in [5, 5.41) is 18.3. The van der Waals surface area contributed by atoms with Crippen molar-refractivity contribution in [2.24, 2.45) is 0 Å². The molecule has 0 unspecified atom stereocenters. The van der Waals surface area contributed by atoms with Crippen molar-refractivity contribution in [2.45, 2.75) is 13.3 Å². The van der Waals surface area contributed by atoms with Gasteiger partial charge in [0.05, 0.1) is 0 Å². The fourth-order valence-corrected chi connectivity index (χ4v) is 1.74. The molecule has 3 N–H and O–H groups in total. The molecule has 0 aliphatic rings. The molecule has 0 saturated carbocycles. The minimum Gasteiger partial charge on any atom is -0.508 e. The van der Waals surface area contributed by atoms with E-state index in [1.165, 1.54) is 0 Å². The van der Waals surface area contributed by atoms with Crippen LogP contribution in [0.15, 0.2) is 30.3 Å². The molecule has 0 saturated heterocycles. The summed E-state index contributed by atoms with van der Waals surface area (Å²) in [5.74, 6) is -0.815. The first-order chi connectivity index (χ1) is 8.11. The van der Waals surface area contributed by atoms with Crippen molar-refractivity contribution in [3.05, 3.63) is 41.7 Å². The molecule has 0 radical (unpaired) electrons. The number of rotatable bonds is 3. The molecule has 0 fully saturated rings. The molecule has 0 aliphatic carbocycles. The van der Waals surface area contributed by atoms with Gasteiger partial charge in [0.1, 0.15) is 11.4 Å². The van der Waals surface area contributed by atoms with Crippen molar-refractivity contribution in [3.63, 3.8) is 0 Å². The third kappa shape index (κ3) is 2.15. The average molecular weight is 231 g/mol. The molecule has 4 heteroatoms. The minimum absolute atomic E-state index is 0.164. The molecule has 2 aromatic rings. The average Bonchev–Trinajstić information content (AvgIpc) is 2.74. The van der Waals surface area contributed by atoms with E-state index in [0.717, 1.165) is 17.7 Å². The summed E-state index contributed by atoms with van der Waals surface area (Å²) < 4.78 is 0. The zero-order valence-corrected chi connectivity index (χ0v) is 9.40. The van der Waals surface area contributed by atoms with Gasteiger partial charge in [-0.05, 0) is 30.2 Å². The molecule has 1 aromatic heterocycles. The van der Waals surface area contributed by atoms with Crippen LogP contribution in [-0.4, -0.2) is 21.2 Å². The predicted octanol–water partition coefficient (Wildman–Crippen LogP) is 2.65. The van der Waals surface area contributed by atoms with E-state index in [4.69, 9.17) is 5.11 Å². The highest BCUT2D eigenvalue weighted by molar-refractivity contribution is 5.94. The van der Waals surface area contributed by atoms with E-state index in [-0.39, 0.29) is 11.4 Å². The number of H-pyrrole nitrogens is 1. The Balaban J connectivity index is 2.53. The fraction of sp³-hybridized carbons (Fsp3) is 0.154. The highest BCUT2D eigenvalue weighted by atomic mass is 16.4. The normalized spacial score (nSPS) is 10.4. The summed E-state index contributed by atoms with van der Waals surface area (Å²) in [4.78, 5) is 14.0. The number of benzene rings is 1. The number of phenolic OH excluding ortho intramolecular Hbond substituents is 1. The number of hydrogen-bond donors (Lipinski definition) is 3. The van der Waals surface area contributed by atoms with Gasteiger partial charge in [0.25, 0.3) is 0 Å². The van der Waals surface area contributed by atoms with Crippen molar-refractivity contribution in [1.29, 1.82) is 0 Å². The van der Waals surface area contributed by atoms with E-state index in [1.807, 2.05) is 13.0 Å². The molecule has 0 amide bonds. The second-order valence-electron chi connectivity index (χ2n) is 3.79. The van der Waals surface area contributed by atoms with Gasteiger partial charge in [-0.1, -0.05) is 19.1 Å². The number of aromatic carboxylic acids is 1. The number of nitrogens with one attached hydrogen (secondary N) is 1. The van der Waals surface area contributed by atoms with Crippen LogP contribution in [0, 0.1) is 0 Å². The molecule has 0 spiro atoms. The van der Waals surface area contributed by atoms with Gasteiger partial charge in [0.2, 0.25) is 0 Å². The standard InChI is InChI=1S/C13H13NO3/c1-2-9-7-11(12(14-9)13(16)17)8-3-5-10(15)6-4-8/h3-7,14-15H,2H2,1H3,(H,16,17). The maximum Gasteiger partial charge on any atom is 0.352 e. The van der Waals surface area contributed by atoms with Gasteiger partial charge < -0.3 is 15.2 Å². The molecule has 0 atom stereocenters. The zero-order valence-electron chi connectivity index (χ0n) is 9.40. The Morgan fingerprint density at radius 1 is 1.29 bits per heavy atom. The van der Waals surface area contributed by atoms with Crippen LogP contribution >= 0.6 is 0 Å². The third-order valence-corrected chi connectivity index (χ3v) is 2.65. The lowest BCUT2D eigenvalue weighted by Gasteiger charge is -2.00. The number of aromatic amines is 1. The topological polar surface area (TPSA) is 73.3 Å². The monoisotopic (exact) mass is 231 g/mol. The maximum atomic E-state index is 11.1. The Morgan fingerprint density at radius 3 is 2.47 bits per heavy atom. The summed E-state index contributed by atoms with van der Waals surface area (Å²) >= 11 is 0. The van der Waals surface area contributed by atoms with Crippen molar-refractivity contribution >= 4 is 5.97 Å². The Labute approximate surface area is 98.5 Å². The molecule has 1 aromatic carbocycles. The van der Waals surface area contributed by atoms with Crippen LogP contribution in [0.5, 0.6) is 5.75 Å². The smallest absolute Gasteiger partial charge is 0.352 e.